The van der Waals surface area contributed by atoms with E-state index >= 15 is 0 Å². The molecule has 1 aromatic rings. The van der Waals surface area contributed by atoms with E-state index in [9.17, 15) is 13.2 Å². The molecule has 1 fully saturated rings. The van der Waals surface area contributed by atoms with Crippen molar-refractivity contribution in [2.45, 2.75) is 37.6 Å². The van der Waals surface area contributed by atoms with Crippen LogP contribution in [-0.4, -0.2) is 32.1 Å². The highest BCUT2D eigenvalue weighted by molar-refractivity contribution is 7.89. The Bertz CT molecular complexity index is 636. The number of rotatable bonds is 7. The van der Waals surface area contributed by atoms with Gasteiger partial charge in [0.15, 0.2) is 0 Å². The monoisotopic (exact) mass is 312 g/mol. The maximum Gasteiger partial charge on any atom is 0.310 e. The van der Waals surface area contributed by atoms with Gasteiger partial charge >= 0.3 is 5.97 Å². The maximum absolute atomic E-state index is 12.3. The summed E-state index contributed by atoms with van der Waals surface area (Å²) in [7, 11) is -3.58. The number of sulfonamides is 1. The van der Waals surface area contributed by atoms with Crippen molar-refractivity contribution in [1.29, 1.82) is 0 Å². The fraction of sp³-hybridized carbons (Fsp3) is 0.500. The normalized spacial score (nSPS) is 15.7. The number of para-hydroxylation sites is 1. The predicted molar refractivity (Wildman–Crippen MR) is 79.7 cm³/mol. The SMILES string of the molecule is CC(C)(CNc1ccccc1S(=O)(=O)NC1CC1)C(=O)O. The summed E-state index contributed by atoms with van der Waals surface area (Å²) in [6.45, 7) is 3.31. The van der Waals surface area contributed by atoms with Crippen molar-refractivity contribution >= 4 is 21.7 Å². The third-order valence-corrected chi connectivity index (χ3v) is 4.95. The fourth-order valence-electron chi connectivity index (χ4n) is 1.72. The first kappa shape index (κ1) is 15.8. The lowest BCUT2D eigenvalue weighted by molar-refractivity contribution is -0.146. The highest BCUT2D eigenvalue weighted by Crippen LogP contribution is 2.27. The third-order valence-electron chi connectivity index (χ3n) is 3.38. The zero-order valence-corrected chi connectivity index (χ0v) is 12.9. The van der Waals surface area contributed by atoms with Gasteiger partial charge in [-0.25, -0.2) is 13.1 Å². The number of carboxylic acid groups (broad SMARTS) is 1. The molecule has 1 aliphatic rings. The molecule has 1 aromatic carbocycles. The summed E-state index contributed by atoms with van der Waals surface area (Å²) in [5, 5.41) is 12.0. The second kappa shape index (κ2) is 5.65. The Morgan fingerprint density at radius 3 is 2.52 bits per heavy atom. The van der Waals surface area contributed by atoms with Gasteiger partial charge in [0.1, 0.15) is 4.90 Å². The number of anilines is 1. The molecule has 6 nitrogen and oxygen atoms in total. The topological polar surface area (TPSA) is 95.5 Å². The van der Waals surface area contributed by atoms with Crippen LogP contribution in [-0.2, 0) is 14.8 Å². The second-order valence-electron chi connectivity index (χ2n) is 5.93. The van der Waals surface area contributed by atoms with Gasteiger partial charge in [-0.05, 0) is 38.8 Å². The molecule has 1 saturated carbocycles. The molecule has 0 bridgehead atoms. The highest BCUT2D eigenvalue weighted by atomic mass is 32.2. The minimum absolute atomic E-state index is 0.0264. The average Bonchev–Trinajstić information content (AvgIpc) is 3.20. The number of hydrogen-bond acceptors (Lipinski definition) is 4. The number of carboxylic acids is 1. The van der Waals surface area contributed by atoms with Crippen molar-refractivity contribution in [2.24, 2.45) is 5.41 Å². The summed E-state index contributed by atoms with van der Waals surface area (Å²) in [6.07, 6.45) is 1.72. The summed E-state index contributed by atoms with van der Waals surface area (Å²) < 4.78 is 27.2. The van der Waals surface area contributed by atoms with Crippen LogP contribution in [0.25, 0.3) is 0 Å². The maximum atomic E-state index is 12.3. The molecule has 0 unspecified atom stereocenters. The van der Waals surface area contributed by atoms with E-state index in [1.165, 1.54) is 6.07 Å². The predicted octanol–water partition coefficient (Wildman–Crippen LogP) is 1.65. The largest absolute Gasteiger partial charge is 0.481 e. The van der Waals surface area contributed by atoms with E-state index < -0.39 is 21.4 Å². The highest BCUT2D eigenvalue weighted by Gasteiger charge is 2.30. The summed E-state index contributed by atoms with van der Waals surface area (Å²) in [6, 6.07) is 6.54. The summed E-state index contributed by atoms with van der Waals surface area (Å²) in [4.78, 5) is 11.3. The van der Waals surface area contributed by atoms with E-state index in [4.69, 9.17) is 5.11 Å². The van der Waals surface area contributed by atoms with Crippen molar-refractivity contribution in [2.75, 3.05) is 11.9 Å². The minimum Gasteiger partial charge on any atom is -0.481 e. The molecule has 21 heavy (non-hydrogen) atoms. The van der Waals surface area contributed by atoms with E-state index in [1.54, 1.807) is 32.0 Å². The molecule has 116 valence electrons. The quantitative estimate of drug-likeness (QED) is 0.711. The van der Waals surface area contributed by atoms with E-state index in [0.29, 0.717) is 5.69 Å². The van der Waals surface area contributed by atoms with Gasteiger partial charge in [0.2, 0.25) is 10.0 Å². The number of carbonyl (C=O) groups is 1. The van der Waals surface area contributed by atoms with Crippen molar-refractivity contribution in [3.05, 3.63) is 24.3 Å². The Kier molecular flexibility index (Phi) is 4.25. The smallest absolute Gasteiger partial charge is 0.310 e. The summed E-state index contributed by atoms with van der Waals surface area (Å²) in [5.74, 6) is -0.938. The van der Waals surface area contributed by atoms with Crippen LogP contribution in [0.1, 0.15) is 26.7 Å². The van der Waals surface area contributed by atoms with Crippen molar-refractivity contribution < 1.29 is 18.3 Å². The Balaban J connectivity index is 2.19. The lowest BCUT2D eigenvalue weighted by Crippen LogP contribution is -2.32. The van der Waals surface area contributed by atoms with Gasteiger partial charge in [-0.2, -0.15) is 0 Å². The van der Waals surface area contributed by atoms with Crippen LogP contribution < -0.4 is 10.0 Å². The van der Waals surface area contributed by atoms with Crippen molar-refractivity contribution in [3.63, 3.8) is 0 Å². The molecule has 7 heteroatoms. The van der Waals surface area contributed by atoms with E-state index in [-0.39, 0.29) is 17.5 Å². The van der Waals surface area contributed by atoms with Crippen molar-refractivity contribution in [3.8, 4) is 0 Å². The summed E-state index contributed by atoms with van der Waals surface area (Å²) in [5.41, 5.74) is -0.569. The van der Waals surface area contributed by atoms with Crippen molar-refractivity contribution in [1.82, 2.24) is 4.72 Å². The van der Waals surface area contributed by atoms with Gasteiger partial charge in [-0.3, -0.25) is 4.79 Å². The Labute approximate surface area is 124 Å². The lowest BCUT2D eigenvalue weighted by Gasteiger charge is -2.21. The molecular weight excluding hydrogens is 292 g/mol. The molecule has 0 atom stereocenters. The number of benzene rings is 1. The van der Waals surface area contributed by atoms with Gasteiger partial charge in [-0.1, -0.05) is 12.1 Å². The Morgan fingerprint density at radius 2 is 1.95 bits per heavy atom. The minimum atomic E-state index is -3.58. The molecule has 0 spiro atoms. The van der Waals surface area contributed by atoms with Gasteiger partial charge in [-0.15, -0.1) is 0 Å². The lowest BCUT2D eigenvalue weighted by atomic mass is 9.94. The molecule has 0 aliphatic heterocycles. The van der Waals surface area contributed by atoms with Crippen LogP contribution in [0.3, 0.4) is 0 Å². The first-order valence-electron chi connectivity index (χ1n) is 6.81. The molecule has 0 saturated heterocycles. The van der Waals surface area contributed by atoms with Gasteiger partial charge < -0.3 is 10.4 Å². The number of nitrogens with one attached hydrogen (secondary N) is 2. The second-order valence-corrected chi connectivity index (χ2v) is 7.62. The van der Waals surface area contributed by atoms with E-state index in [1.807, 2.05) is 0 Å². The zero-order valence-electron chi connectivity index (χ0n) is 12.1. The molecule has 0 radical (unpaired) electrons. The number of aliphatic carboxylic acids is 1. The van der Waals surface area contributed by atoms with Crippen LogP contribution in [0.2, 0.25) is 0 Å². The third kappa shape index (κ3) is 3.95. The molecular formula is C14H20N2O4S. The van der Waals surface area contributed by atoms with Crippen LogP contribution in [0.4, 0.5) is 5.69 Å². The molecule has 2 rings (SSSR count). The first-order valence-corrected chi connectivity index (χ1v) is 8.29. The number of hydrogen-bond donors (Lipinski definition) is 3. The van der Waals surface area contributed by atoms with Crippen LogP contribution in [0.15, 0.2) is 29.2 Å². The molecule has 0 aromatic heterocycles. The molecule has 3 N–H and O–H groups in total. The Morgan fingerprint density at radius 1 is 1.33 bits per heavy atom. The molecule has 1 aliphatic carbocycles. The van der Waals surface area contributed by atoms with Crippen LogP contribution >= 0.6 is 0 Å². The van der Waals surface area contributed by atoms with Crippen LogP contribution in [0, 0.1) is 5.41 Å². The van der Waals surface area contributed by atoms with Gasteiger partial charge in [0, 0.05) is 12.6 Å². The summed E-state index contributed by atoms with van der Waals surface area (Å²) >= 11 is 0. The molecule has 0 amide bonds. The Hall–Kier alpha value is -1.60. The molecule has 0 heterocycles. The standard InChI is InChI=1S/C14H20N2O4S/c1-14(2,13(17)18)9-15-11-5-3-4-6-12(11)21(19,20)16-10-7-8-10/h3-6,10,15-16H,7-9H2,1-2H3,(H,17,18). The zero-order chi connectivity index (χ0) is 15.7. The van der Waals surface area contributed by atoms with Crippen LogP contribution in [0.5, 0.6) is 0 Å². The van der Waals surface area contributed by atoms with Gasteiger partial charge in [0.05, 0.1) is 11.1 Å². The fourth-order valence-corrected chi connectivity index (χ4v) is 3.21. The average molecular weight is 312 g/mol. The first-order chi connectivity index (χ1) is 9.72. The van der Waals surface area contributed by atoms with E-state index in [2.05, 4.69) is 10.0 Å². The van der Waals surface area contributed by atoms with Gasteiger partial charge in [0.25, 0.3) is 0 Å². The van der Waals surface area contributed by atoms with E-state index in [0.717, 1.165) is 12.8 Å².